The maximum Gasteiger partial charge on any atom is 0.241 e. The Morgan fingerprint density at radius 2 is 1.79 bits per heavy atom. The Hall–Kier alpha value is -2.22. The van der Waals surface area contributed by atoms with Crippen molar-refractivity contribution in [1.29, 1.82) is 0 Å². The van der Waals surface area contributed by atoms with E-state index in [9.17, 15) is 8.42 Å². The molecule has 0 aliphatic rings. The molecule has 0 saturated carbocycles. The molecule has 0 radical (unpaired) electrons. The summed E-state index contributed by atoms with van der Waals surface area (Å²) in [5, 5.41) is 9.12. The predicted octanol–water partition coefficient (Wildman–Crippen LogP) is 4.20. The number of hydrogen-bond donors (Lipinski definition) is 1. The number of benzene rings is 2. The van der Waals surface area contributed by atoms with Crippen molar-refractivity contribution in [3.05, 3.63) is 75.8 Å². The van der Waals surface area contributed by atoms with E-state index in [0.29, 0.717) is 29.4 Å². The van der Waals surface area contributed by atoms with Gasteiger partial charge in [-0.2, -0.15) is 0 Å². The van der Waals surface area contributed by atoms with E-state index < -0.39 is 16.1 Å². The van der Waals surface area contributed by atoms with Crippen LogP contribution in [0.5, 0.6) is 0 Å². The zero-order chi connectivity index (χ0) is 21.2. The minimum atomic E-state index is -3.72. The molecule has 0 unspecified atom stereocenters. The summed E-state index contributed by atoms with van der Waals surface area (Å²) in [5.41, 5.74) is 3.04. The Morgan fingerprint density at radius 1 is 1.10 bits per heavy atom. The number of halogens is 1. The summed E-state index contributed by atoms with van der Waals surface area (Å²) in [5.74, 6) is 1.39. The van der Waals surface area contributed by atoms with Crippen LogP contribution in [0.2, 0.25) is 5.02 Å². The van der Waals surface area contributed by atoms with Gasteiger partial charge >= 0.3 is 0 Å². The topological polar surface area (TPSA) is 76.9 Å². The first-order chi connectivity index (χ1) is 13.7. The first kappa shape index (κ1) is 21.5. The molecule has 0 aliphatic carbocycles. The highest BCUT2D eigenvalue weighted by molar-refractivity contribution is 7.89. The van der Waals surface area contributed by atoms with Crippen molar-refractivity contribution in [3.63, 3.8) is 0 Å². The number of nitrogens with one attached hydrogen (secondary N) is 1. The van der Waals surface area contributed by atoms with Crippen LogP contribution in [0.25, 0.3) is 0 Å². The predicted molar refractivity (Wildman–Crippen MR) is 115 cm³/mol. The highest BCUT2D eigenvalue weighted by Gasteiger charge is 2.23. The van der Waals surface area contributed by atoms with Gasteiger partial charge in [0.25, 0.3) is 0 Å². The zero-order valence-corrected chi connectivity index (χ0v) is 18.5. The zero-order valence-electron chi connectivity index (χ0n) is 17.0. The van der Waals surface area contributed by atoms with Crippen molar-refractivity contribution in [3.8, 4) is 0 Å². The molecular weight excluding hydrogens is 408 g/mol. The number of sulfonamides is 1. The highest BCUT2D eigenvalue weighted by Crippen LogP contribution is 2.22. The first-order valence-corrected chi connectivity index (χ1v) is 11.3. The van der Waals surface area contributed by atoms with E-state index in [2.05, 4.69) is 39.2 Å². The van der Waals surface area contributed by atoms with Gasteiger partial charge in [0, 0.05) is 18.0 Å². The summed E-state index contributed by atoms with van der Waals surface area (Å²) >= 11 is 6.01. The van der Waals surface area contributed by atoms with Crippen LogP contribution in [0.3, 0.4) is 0 Å². The molecule has 0 saturated heterocycles. The van der Waals surface area contributed by atoms with Crippen molar-refractivity contribution >= 4 is 21.6 Å². The van der Waals surface area contributed by atoms with E-state index in [-0.39, 0.29) is 4.90 Å². The Bertz CT molecular complexity index is 1110. The molecule has 2 aromatic carbocycles. The molecule has 154 valence electrons. The molecule has 3 aromatic rings. The van der Waals surface area contributed by atoms with Crippen LogP contribution < -0.4 is 4.72 Å². The third-order valence-corrected chi connectivity index (χ3v) is 6.78. The molecule has 1 aromatic heterocycles. The molecular formula is C21H25ClN4O2S. The van der Waals surface area contributed by atoms with Crippen molar-refractivity contribution < 1.29 is 8.42 Å². The third kappa shape index (κ3) is 4.86. The molecule has 1 atom stereocenters. The minimum absolute atomic E-state index is 0.175. The molecule has 1 heterocycles. The lowest BCUT2D eigenvalue weighted by molar-refractivity contribution is 0.544. The van der Waals surface area contributed by atoms with Crippen LogP contribution in [0.4, 0.5) is 0 Å². The van der Waals surface area contributed by atoms with Gasteiger partial charge in [0.05, 0.1) is 10.9 Å². The van der Waals surface area contributed by atoms with Crippen LogP contribution in [-0.2, 0) is 23.0 Å². The van der Waals surface area contributed by atoms with Gasteiger partial charge in [-0.05, 0) is 57.0 Å². The van der Waals surface area contributed by atoms with E-state index in [0.717, 1.165) is 11.4 Å². The van der Waals surface area contributed by atoms with E-state index in [4.69, 9.17) is 11.6 Å². The van der Waals surface area contributed by atoms with Crippen LogP contribution in [0.1, 0.15) is 48.2 Å². The number of rotatable bonds is 7. The fraction of sp³-hybridized carbons (Fsp3) is 0.333. The lowest BCUT2D eigenvalue weighted by atomic mass is 10.1. The lowest BCUT2D eigenvalue weighted by Crippen LogP contribution is -2.29. The molecule has 3 rings (SSSR count). The van der Waals surface area contributed by atoms with Gasteiger partial charge in [-0.25, -0.2) is 13.1 Å². The average molecular weight is 433 g/mol. The molecule has 0 spiro atoms. The Kier molecular flexibility index (Phi) is 6.41. The van der Waals surface area contributed by atoms with Crippen LogP contribution in [0, 0.1) is 13.8 Å². The van der Waals surface area contributed by atoms with Gasteiger partial charge in [0.2, 0.25) is 10.0 Å². The summed E-state index contributed by atoms with van der Waals surface area (Å²) in [6, 6.07) is 12.4. The Labute approximate surface area is 177 Å². The molecule has 0 fully saturated rings. The van der Waals surface area contributed by atoms with Crippen molar-refractivity contribution in [2.75, 3.05) is 0 Å². The third-order valence-electron chi connectivity index (χ3n) is 4.81. The van der Waals surface area contributed by atoms with Crippen molar-refractivity contribution in [2.45, 2.75) is 51.6 Å². The largest absolute Gasteiger partial charge is 0.314 e. The number of nitrogens with zero attached hydrogens (tertiary/aromatic N) is 3. The van der Waals surface area contributed by atoms with Gasteiger partial charge in [0.15, 0.2) is 5.82 Å². The van der Waals surface area contributed by atoms with Crippen molar-refractivity contribution in [2.24, 2.45) is 0 Å². The number of aromatic nitrogens is 3. The second-order valence-electron chi connectivity index (χ2n) is 7.14. The number of aryl methyl sites for hydroxylation is 2. The molecule has 1 N–H and O–H groups in total. The Morgan fingerprint density at radius 3 is 2.41 bits per heavy atom. The Balaban J connectivity index is 1.83. The molecule has 0 aliphatic heterocycles. The second-order valence-corrected chi connectivity index (χ2v) is 9.26. The maximum atomic E-state index is 12.8. The maximum absolute atomic E-state index is 12.8. The van der Waals surface area contributed by atoms with Crippen LogP contribution >= 0.6 is 11.6 Å². The van der Waals surface area contributed by atoms with Gasteiger partial charge < -0.3 is 4.57 Å². The van der Waals surface area contributed by atoms with Gasteiger partial charge in [-0.1, -0.05) is 41.4 Å². The average Bonchev–Trinajstić information content (AvgIpc) is 3.08. The summed E-state index contributed by atoms with van der Waals surface area (Å²) < 4.78 is 30.3. The van der Waals surface area contributed by atoms with E-state index in [1.54, 1.807) is 26.0 Å². The normalized spacial score (nSPS) is 12.9. The van der Waals surface area contributed by atoms with Crippen LogP contribution in [0.15, 0.2) is 47.4 Å². The molecule has 29 heavy (non-hydrogen) atoms. The molecule has 0 amide bonds. The van der Waals surface area contributed by atoms with Gasteiger partial charge in [-0.15, -0.1) is 10.2 Å². The van der Waals surface area contributed by atoms with E-state index >= 15 is 0 Å². The lowest BCUT2D eigenvalue weighted by Gasteiger charge is -2.16. The standard InChI is InChI=1S/C21H25ClN4O2S/c1-5-26-20(13-17-8-6-14(2)7-9-17)23-24-21(26)16(4)25-29(27,28)18-10-11-19(22)15(3)12-18/h6-12,16,25H,5,13H2,1-4H3/t16-/m1/s1. The smallest absolute Gasteiger partial charge is 0.241 e. The summed E-state index contributed by atoms with van der Waals surface area (Å²) in [4.78, 5) is 0.175. The van der Waals surface area contributed by atoms with Gasteiger partial charge in [0.1, 0.15) is 5.82 Å². The van der Waals surface area contributed by atoms with Crippen molar-refractivity contribution in [1.82, 2.24) is 19.5 Å². The quantitative estimate of drug-likeness (QED) is 0.607. The monoisotopic (exact) mass is 432 g/mol. The minimum Gasteiger partial charge on any atom is -0.314 e. The first-order valence-electron chi connectivity index (χ1n) is 9.47. The molecule has 0 bridgehead atoms. The van der Waals surface area contributed by atoms with Gasteiger partial charge in [-0.3, -0.25) is 0 Å². The molecule has 8 heteroatoms. The molecule has 6 nitrogen and oxygen atoms in total. The second kappa shape index (κ2) is 8.65. The fourth-order valence-electron chi connectivity index (χ4n) is 3.17. The van der Waals surface area contributed by atoms with E-state index in [1.165, 1.54) is 11.6 Å². The summed E-state index contributed by atoms with van der Waals surface area (Å²) in [6.07, 6.45) is 0.636. The van der Waals surface area contributed by atoms with Crippen LogP contribution in [-0.4, -0.2) is 23.2 Å². The summed E-state index contributed by atoms with van der Waals surface area (Å²) in [6.45, 7) is 8.24. The summed E-state index contributed by atoms with van der Waals surface area (Å²) in [7, 11) is -3.72. The van der Waals surface area contributed by atoms with E-state index in [1.807, 2.05) is 18.4 Å². The number of hydrogen-bond acceptors (Lipinski definition) is 4. The fourth-order valence-corrected chi connectivity index (χ4v) is 4.57. The SMILES string of the molecule is CCn1c(Cc2ccc(C)cc2)nnc1[C@@H](C)NS(=O)(=O)c1ccc(Cl)c(C)c1. The highest BCUT2D eigenvalue weighted by atomic mass is 35.5.